The highest BCUT2D eigenvalue weighted by molar-refractivity contribution is 6.31. The van der Waals surface area contributed by atoms with E-state index in [-0.39, 0.29) is 0 Å². The smallest absolute Gasteiger partial charge is 0.152 e. The lowest BCUT2D eigenvalue weighted by Gasteiger charge is -2.37. The van der Waals surface area contributed by atoms with Gasteiger partial charge in [-0.2, -0.15) is 0 Å². The van der Waals surface area contributed by atoms with Gasteiger partial charge in [-0.05, 0) is 56.1 Å². The molecule has 0 bridgehead atoms. The molecule has 2 aliphatic rings. The Bertz CT molecular complexity index is 403. The number of halogens is 1. The summed E-state index contributed by atoms with van der Waals surface area (Å²) in [6.07, 6.45) is 12.9. The molecule has 18 heavy (non-hydrogen) atoms. The zero-order valence-corrected chi connectivity index (χ0v) is 11.5. The number of hydrogen-bond acceptors (Lipinski definition) is 2. The summed E-state index contributed by atoms with van der Waals surface area (Å²) in [5.74, 6) is 0. The van der Waals surface area contributed by atoms with Gasteiger partial charge >= 0.3 is 0 Å². The van der Waals surface area contributed by atoms with Crippen LogP contribution in [0.2, 0.25) is 5.15 Å². The molecule has 1 aromatic rings. The van der Waals surface area contributed by atoms with Crippen LogP contribution in [0.25, 0.3) is 0 Å². The van der Waals surface area contributed by atoms with Gasteiger partial charge in [-0.25, -0.2) is 4.98 Å². The Labute approximate surface area is 114 Å². The number of rotatable bonds is 2. The topological polar surface area (TPSA) is 24.9 Å². The highest BCUT2D eigenvalue weighted by Crippen LogP contribution is 2.49. The van der Waals surface area contributed by atoms with Crippen molar-refractivity contribution in [1.82, 2.24) is 4.98 Å². The SMILES string of the molecule is Clc1ncccc1NC1CCC2(CCCC2)CC1. The molecule has 0 unspecified atom stereocenters. The first-order valence-electron chi connectivity index (χ1n) is 7.15. The van der Waals surface area contributed by atoms with E-state index in [0.29, 0.717) is 16.6 Å². The van der Waals surface area contributed by atoms with Crippen molar-refractivity contribution < 1.29 is 0 Å². The van der Waals surface area contributed by atoms with Gasteiger partial charge in [-0.15, -0.1) is 0 Å². The van der Waals surface area contributed by atoms with Crippen molar-refractivity contribution >= 4 is 17.3 Å². The van der Waals surface area contributed by atoms with E-state index in [1.54, 1.807) is 6.20 Å². The number of nitrogens with zero attached hydrogens (tertiary/aromatic N) is 1. The summed E-state index contributed by atoms with van der Waals surface area (Å²) in [4.78, 5) is 4.12. The third-order valence-electron chi connectivity index (χ3n) is 4.83. The molecule has 0 aromatic carbocycles. The van der Waals surface area contributed by atoms with Crippen molar-refractivity contribution in [2.75, 3.05) is 5.32 Å². The zero-order chi connectivity index (χ0) is 12.4. The molecule has 98 valence electrons. The Morgan fingerprint density at radius 3 is 2.56 bits per heavy atom. The van der Waals surface area contributed by atoms with E-state index in [2.05, 4.69) is 10.3 Å². The Morgan fingerprint density at radius 1 is 1.17 bits per heavy atom. The van der Waals surface area contributed by atoms with Crippen LogP contribution in [0.15, 0.2) is 18.3 Å². The van der Waals surface area contributed by atoms with E-state index in [9.17, 15) is 0 Å². The van der Waals surface area contributed by atoms with Crippen molar-refractivity contribution in [3.05, 3.63) is 23.5 Å². The summed E-state index contributed by atoms with van der Waals surface area (Å²) in [5, 5.41) is 4.16. The molecule has 1 N–H and O–H groups in total. The highest BCUT2D eigenvalue weighted by Gasteiger charge is 2.37. The van der Waals surface area contributed by atoms with Crippen LogP contribution < -0.4 is 5.32 Å². The van der Waals surface area contributed by atoms with Gasteiger partial charge in [0.05, 0.1) is 5.69 Å². The predicted octanol–water partition coefficient (Wildman–Crippen LogP) is 4.65. The maximum Gasteiger partial charge on any atom is 0.152 e. The quantitative estimate of drug-likeness (QED) is 0.787. The minimum absolute atomic E-state index is 0.581. The van der Waals surface area contributed by atoms with E-state index >= 15 is 0 Å². The predicted molar refractivity (Wildman–Crippen MR) is 76.0 cm³/mol. The van der Waals surface area contributed by atoms with Crippen molar-refractivity contribution in [2.45, 2.75) is 57.4 Å². The first kappa shape index (κ1) is 12.3. The molecule has 0 amide bonds. The van der Waals surface area contributed by atoms with Crippen molar-refractivity contribution in [3.8, 4) is 0 Å². The molecular formula is C15H21ClN2. The van der Waals surface area contributed by atoms with Gasteiger partial charge in [0.25, 0.3) is 0 Å². The zero-order valence-electron chi connectivity index (χ0n) is 10.8. The molecule has 1 aromatic heterocycles. The molecule has 0 saturated heterocycles. The molecule has 2 nitrogen and oxygen atoms in total. The second-order valence-corrected chi connectivity index (χ2v) is 6.33. The first-order valence-corrected chi connectivity index (χ1v) is 7.52. The monoisotopic (exact) mass is 264 g/mol. The molecular weight excluding hydrogens is 244 g/mol. The summed E-state index contributed by atoms with van der Waals surface area (Å²) in [6, 6.07) is 4.54. The van der Waals surface area contributed by atoms with Gasteiger partial charge in [0.2, 0.25) is 0 Å². The van der Waals surface area contributed by atoms with E-state index < -0.39 is 0 Å². The summed E-state index contributed by atoms with van der Waals surface area (Å²) < 4.78 is 0. The Hall–Kier alpha value is -0.760. The Kier molecular flexibility index (Phi) is 3.47. The number of pyridine rings is 1. The van der Waals surface area contributed by atoms with E-state index in [4.69, 9.17) is 11.6 Å². The van der Waals surface area contributed by atoms with Crippen LogP contribution in [-0.4, -0.2) is 11.0 Å². The summed E-state index contributed by atoms with van der Waals surface area (Å²) in [6.45, 7) is 0. The van der Waals surface area contributed by atoms with Crippen molar-refractivity contribution in [3.63, 3.8) is 0 Å². The fourth-order valence-electron chi connectivity index (χ4n) is 3.71. The molecule has 2 fully saturated rings. The van der Waals surface area contributed by atoms with E-state index in [0.717, 1.165) is 5.69 Å². The number of anilines is 1. The fraction of sp³-hybridized carbons (Fsp3) is 0.667. The summed E-state index contributed by atoms with van der Waals surface area (Å²) in [5.41, 5.74) is 1.70. The number of aromatic nitrogens is 1. The van der Waals surface area contributed by atoms with Crippen LogP contribution >= 0.6 is 11.6 Å². The molecule has 0 radical (unpaired) electrons. The Balaban J connectivity index is 1.59. The largest absolute Gasteiger partial charge is 0.380 e. The number of nitrogens with one attached hydrogen (secondary N) is 1. The van der Waals surface area contributed by atoms with E-state index in [1.165, 1.54) is 51.4 Å². The van der Waals surface area contributed by atoms with Gasteiger partial charge < -0.3 is 5.32 Å². The van der Waals surface area contributed by atoms with Gasteiger partial charge in [0.15, 0.2) is 5.15 Å². The normalized spacial score (nSPS) is 23.4. The maximum absolute atomic E-state index is 6.09. The van der Waals surface area contributed by atoms with Crippen LogP contribution in [0.3, 0.4) is 0 Å². The van der Waals surface area contributed by atoms with Crippen LogP contribution in [0, 0.1) is 5.41 Å². The molecule has 2 saturated carbocycles. The second kappa shape index (κ2) is 5.08. The van der Waals surface area contributed by atoms with Crippen molar-refractivity contribution in [2.24, 2.45) is 5.41 Å². The third kappa shape index (κ3) is 2.49. The average molecular weight is 265 g/mol. The molecule has 0 aliphatic heterocycles. The molecule has 3 heteroatoms. The van der Waals surface area contributed by atoms with Crippen LogP contribution in [0.5, 0.6) is 0 Å². The first-order chi connectivity index (χ1) is 8.77. The average Bonchev–Trinajstić information content (AvgIpc) is 2.84. The van der Waals surface area contributed by atoms with Gasteiger partial charge in [0, 0.05) is 12.2 Å². The summed E-state index contributed by atoms with van der Waals surface area (Å²) >= 11 is 6.09. The fourth-order valence-corrected chi connectivity index (χ4v) is 3.89. The molecule has 1 heterocycles. The van der Waals surface area contributed by atoms with Crippen LogP contribution in [0.1, 0.15) is 51.4 Å². The molecule has 3 rings (SSSR count). The third-order valence-corrected chi connectivity index (χ3v) is 5.13. The minimum Gasteiger partial charge on any atom is -0.380 e. The lowest BCUT2D eigenvalue weighted by atomic mass is 9.71. The van der Waals surface area contributed by atoms with Crippen molar-refractivity contribution in [1.29, 1.82) is 0 Å². The number of hydrogen-bond donors (Lipinski definition) is 1. The molecule has 2 aliphatic carbocycles. The minimum atomic E-state index is 0.581. The van der Waals surface area contributed by atoms with Gasteiger partial charge in [0.1, 0.15) is 0 Å². The highest BCUT2D eigenvalue weighted by atomic mass is 35.5. The van der Waals surface area contributed by atoms with E-state index in [1.807, 2.05) is 12.1 Å². The lowest BCUT2D eigenvalue weighted by molar-refractivity contribution is 0.188. The second-order valence-electron chi connectivity index (χ2n) is 5.97. The van der Waals surface area contributed by atoms with Crippen LogP contribution in [-0.2, 0) is 0 Å². The maximum atomic E-state index is 6.09. The molecule has 1 spiro atoms. The summed E-state index contributed by atoms with van der Waals surface area (Å²) in [7, 11) is 0. The lowest BCUT2D eigenvalue weighted by Crippen LogP contribution is -2.31. The molecule has 0 atom stereocenters. The van der Waals surface area contributed by atoms with Gasteiger partial charge in [-0.3, -0.25) is 0 Å². The Morgan fingerprint density at radius 2 is 1.89 bits per heavy atom. The van der Waals surface area contributed by atoms with Gasteiger partial charge in [-0.1, -0.05) is 24.4 Å². The van der Waals surface area contributed by atoms with Crippen LogP contribution in [0.4, 0.5) is 5.69 Å². The standard InChI is InChI=1S/C15H21ClN2/c16-14-13(4-3-11-17-14)18-12-5-9-15(10-6-12)7-1-2-8-15/h3-4,11-12,18H,1-2,5-10H2.